The third-order valence-electron chi connectivity index (χ3n) is 18.0. The lowest BCUT2D eigenvalue weighted by atomic mass is 10.0. The van der Waals surface area contributed by atoms with Crippen molar-refractivity contribution in [2.45, 2.75) is 419 Å². The van der Waals surface area contributed by atoms with E-state index in [1.165, 1.54) is 218 Å². The minimum atomic E-state index is -4.96. The van der Waals surface area contributed by atoms with Gasteiger partial charge in [0.1, 0.15) is 19.3 Å². The molecule has 0 saturated heterocycles. The molecule has 17 nitrogen and oxygen atoms in total. The van der Waals surface area contributed by atoms with Crippen LogP contribution in [0.1, 0.15) is 401 Å². The zero-order chi connectivity index (χ0) is 70.7. The van der Waals surface area contributed by atoms with Gasteiger partial charge >= 0.3 is 39.5 Å². The van der Waals surface area contributed by atoms with E-state index in [0.29, 0.717) is 25.7 Å². The fraction of sp³-hybridized carbons (Fsp3) is 0.948. The first-order valence-electron chi connectivity index (χ1n) is 40.0. The van der Waals surface area contributed by atoms with E-state index in [2.05, 4.69) is 41.5 Å². The van der Waals surface area contributed by atoms with Crippen LogP contribution in [0.25, 0.3) is 0 Å². The smallest absolute Gasteiger partial charge is 0.462 e. The molecule has 0 aliphatic heterocycles. The zero-order valence-corrected chi connectivity index (χ0v) is 64.5. The zero-order valence-electron chi connectivity index (χ0n) is 62.7. The summed E-state index contributed by atoms with van der Waals surface area (Å²) in [4.78, 5) is 72.9. The molecule has 0 spiro atoms. The molecule has 0 radical (unpaired) electrons. The van der Waals surface area contributed by atoms with E-state index in [0.717, 1.165) is 102 Å². The Hall–Kier alpha value is -1.94. The minimum Gasteiger partial charge on any atom is -0.462 e. The van der Waals surface area contributed by atoms with Crippen molar-refractivity contribution in [1.29, 1.82) is 0 Å². The molecule has 3 N–H and O–H groups in total. The Morgan fingerprint density at radius 3 is 0.708 bits per heavy atom. The molecule has 0 bridgehead atoms. The maximum Gasteiger partial charge on any atom is 0.472 e. The van der Waals surface area contributed by atoms with E-state index in [4.69, 9.17) is 37.0 Å². The normalized spacial score (nSPS) is 14.0. The standard InChI is InChI=1S/C77H150O17P2/c1-7-9-11-13-15-17-19-21-23-24-26-30-37-44-50-56-62-77(82)93-72(65-87-74(79)59-53-47-41-35-31-27-28-33-39-45-51-57-69(3)4)67-91-95(83,84)89-63-71(78)64-90-96(85,86)92-68-73(66-88-75(80)60-54-48-42-38-32-34-40-46-52-58-70(5)6)94-76(81)61-55-49-43-36-29-25-22-20-18-16-14-12-10-8-2/h69-73,78H,7-68H2,1-6H3,(H,83,84)(H,85,86)/t71-,72-,73-/m1/s1. The van der Waals surface area contributed by atoms with E-state index in [1.54, 1.807) is 0 Å². The van der Waals surface area contributed by atoms with Gasteiger partial charge in [0.15, 0.2) is 12.2 Å². The van der Waals surface area contributed by atoms with Crippen LogP contribution in [-0.4, -0.2) is 96.7 Å². The van der Waals surface area contributed by atoms with Crippen LogP contribution in [0.5, 0.6) is 0 Å². The van der Waals surface area contributed by atoms with Crippen LogP contribution in [0.3, 0.4) is 0 Å². The lowest BCUT2D eigenvalue weighted by Crippen LogP contribution is -2.30. The molecule has 5 atom stereocenters. The summed E-state index contributed by atoms with van der Waals surface area (Å²) in [5, 5.41) is 10.6. The molecule has 96 heavy (non-hydrogen) atoms. The molecular formula is C77H150O17P2. The van der Waals surface area contributed by atoms with E-state index in [-0.39, 0.29) is 25.7 Å². The van der Waals surface area contributed by atoms with Crippen molar-refractivity contribution < 1.29 is 80.2 Å². The van der Waals surface area contributed by atoms with Crippen LogP contribution in [0.4, 0.5) is 0 Å². The number of aliphatic hydroxyl groups excluding tert-OH is 1. The number of rotatable bonds is 76. The molecular weight excluding hydrogens is 1260 g/mol. The van der Waals surface area contributed by atoms with Crippen LogP contribution in [0.2, 0.25) is 0 Å². The molecule has 0 heterocycles. The fourth-order valence-electron chi connectivity index (χ4n) is 11.8. The Labute approximate surface area is 588 Å². The van der Waals surface area contributed by atoms with E-state index in [1.807, 2.05) is 0 Å². The van der Waals surface area contributed by atoms with Crippen LogP contribution in [-0.2, 0) is 65.4 Å². The predicted molar refractivity (Wildman–Crippen MR) is 391 cm³/mol. The van der Waals surface area contributed by atoms with Gasteiger partial charge in [0.05, 0.1) is 26.4 Å². The van der Waals surface area contributed by atoms with Gasteiger partial charge in [0.25, 0.3) is 0 Å². The summed E-state index contributed by atoms with van der Waals surface area (Å²) >= 11 is 0. The second kappa shape index (κ2) is 68.8. The molecule has 0 aliphatic rings. The summed E-state index contributed by atoms with van der Waals surface area (Å²) < 4.78 is 68.6. The third kappa shape index (κ3) is 70.5. The summed E-state index contributed by atoms with van der Waals surface area (Å²) in [6.07, 6.45) is 56.7. The maximum absolute atomic E-state index is 13.1. The molecule has 2 unspecified atom stereocenters. The predicted octanol–water partition coefficient (Wildman–Crippen LogP) is 22.7. The molecule has 0 aromatic rings. The van der Waals surface area contributed by atoms with Crippen molar-refractivity contribution in [2.75, 3.05) is 39.6 Å². The fourth-order valence-corrected chi connectivity index (χ4v) is 13.4. The number of phosphoric ester groups is 2. The van der Waals surface area contributed by atoms with Gasteiger partial charge in [-0.05, 0) is 37.5 Å². The third-order valence-corrected chi connectivity index (χ3v) is 19.9. The van der Waals surface area contributed by atoms with Crippen molar-refractivity contribution in [2.24, 2.45) is 11.8 Å². The second-order valence-corrected chi connectivity index (χ2v) is 31.6. The summed E-state index contributed by atoms with van der Waals surface area (Å²) in [6, 6.07) is 0. The van der Waals surface area contributed by atoms with Gasteiger partial charge in [-0.25, -0.2) is 9.13 Å². The van der Waals surface area contributed by atoms with Crippen molar-refractivity contribution in [3.05, 3.63) is 0 Å². The summed E-state index contributed by atoms with van der Waals surface area (Å²) in [7, 11) is -9.91. The van der Waals surface area contributed by atoms with Gasteiger partial charge < -0.3 is 33.8 Å². The number of phosphoric acid groups is 2. The summed E-state index contributed by atoms with van der Waals surface area (Å²) in [5.41, 5.74) is 0. The lowest BCUT2D eigenvalue weighted by Gasteiger charge is -2.21. The number of ether oxygens (including phenoxy) is 4. The van der Waals surface area contributed by atoms with Crippen LogP contribution < -0.4 is 0 Å². The van der Waals surface area contributed by atoms with Crippen LogP contribution in [0.15, 0.2) is 0 Å². The van der Waals surface area contributed by atoms with Gasteiger partial charge in [-0.2, -0.15) is 0 Å². The molecule has 0 rings (SSSR count). The average Bonchev–Trinajstić information content (AvgIpc) is 1.16. The van der Waals surface area contributed by atoms with Gasteiger partial charge in [-0.1, -0.05) is 350 Å². The number of carbonyl (C=O) groups excluding carboxylic acids is 4. The number of unbranched alkanes of at least 4 members (excludes halogenated alkanes) is 46. The first-order valence-corrected chi connectivity index (χ1v) is 43.0. The number of esters is 4. The van der Waals surface area contributed by atoms with Crippen molar-refractivity contribution >= 4 is 39.5 Å². The second-order valence-electron chi connectivity index (χ2n) is 28.7. The van der Waals surface area contributed by atoms with Gasteiger partial charge in [-0.3, -0.25) is 37.3 Å². The quantitative estimate of drug-likeness (QED) is 0.0222. The molecule has 0 amide bonds. The number of hydrogen-bond acceptors (Lipinski definition) is 15. The van der Waals surface area contributed by atoms with Crippen LogP contribution >= 0.6 is 15.6 Å². The highest BCUT2D eigenvalue weighted by Gasteiger charge is 2.30. The SMILES string of the molecule is CCCCCCCCCCCCCCCCCCC(=O)O[C@H](COC(=O)CCCCCCCCCCCCCC(C)C)COP(=O)(O)OC[C@@H](O)COP(=O)(O)OC[C@@H](COC(=O)CCCCCCCCCCCC(C)C)OC(=O)CCCCCCCCCCCCCCCC. The van der Waals surface area contributed by atoms with E-state index < -0.39 is 97.5 Å². The molecule has 19 heteroatoms. The highest BCUT2D eigenvalue weighted by atomic mass is 31.2. The Bertz CT molecular complexity index is 1860. The topological polar surface area (TPSA) is 237 Å². The first-order chi connectivity index (χ1) is 46.4. The van der Waals surface area contributed by atoms with E-state index >= 15 is 0 Å². The van der Waals surface area contributed by atoms with Crippen LogP contribution in [0, 0.1) is 11.8 Å². The Kier molecular flexibility index (Phi) is 67.4. The number of carbonyl (C=O) groups is 4. The molecule has 0 fully saturated rings. The highest BCUT2D eigenvalue weighted by Crippen LogP contribution is 2.45. The van der Waals surface area contributed by atoms with Gasteiger partial charge in [0, 0.05) is 25.7 Å². The number of hydrogen-bond donors (Lipinski definition) is 3. The van der Waals surface area contributed by atoms with Gasteiger partial charge in [0.2, 0.25) is 0 Å². The van der Waals surface area contributed by atoms with Crippen molar-refractivity contribution in [1.82, 2.24) is 0 Å². The molecule has 570 valence electrons. The molecule has 0 aromatic heterocycles. The van der Waals surface area contributed by atoms with Crippen molar-refractivity contribution in [3.63, 3.8) is 0 Å². The molecule has 0 aromatic carbocycles. The lowest BCUT2D eigenvalue weighted by molar-refractivity contribution is -0.161. The Morgan fingerprint density at radius 1 is 0.281 bits per heavy atom. The molecule has 0 saturated carbocycles. The average molecular weight is 1410 g/mol. The monoisotopic (exact) mass is 1410 g/mol. The summed E-state index contributed by atoms with van der Waals surface area (Å²) in [5.74, 6) is -0.596. The van der Waals surface area contributed by atoms with E-state index in [9.17, 15) is 43.2 Å². The Morgan fingerprint density at radius 2 is 0.479 bits per heavy atom. The highest BCUT2D eigenvalue weighted by molar-refractivity contribution is 7.47. The van der Waals surface area contributed by atoms with Gasteiger partial charge in [-0.15, -0.1) is 0 Å². The Balaban J connectivity index is 5.27. The maximum atomic E-state index is 13.1. The number of aliphatic hydroxyl groups is 1. The largest absolute Gasteiger partial charge is 0.472 e. The minimum absolute atomic E-state index is 0.108. The summed E-state index contributed by atoms with van der Waals surface area (Å²) in [6.45, 7) is 9.60. The first kappa shape index (κ1) is 94.1. The van der Waals surface area contributed by atoms with Crippen molar-refractivity contribution in [3.8, 4) is 0 Å². The molecule has 0 aliphatic carbocycles.